The lowest BCUT2D eigenvalue weighted by molar-refractivity contribution is -0.396. The molecule has 0 fully saturated rings. The zero-order valence-corrected chi connectivity index (χ0v) is 4.81. The van der Waals surface area contributed by atoms with Crippen LogP contribution in [-0.2, 0) is 7.05 Å². The summed E-state index contributed by atoms with van der Waals surface area (Å²) in [4.78, 5) is 13.0. The molecule has 0 aliphatic heterocycles. The molecule has 0 saturated carbocycles. The molecule has 1 heterocycles. The summed E-state index contributed by atoms with van der Waals surface area (Å²) in [5, 5.41) is 10.0. The molecule has 1 rings (SSSR count). The Morgan fingerprint density at radius 2 is 2.56 bits per heavy atom. The van der Waals surface area contributed by atoms with Crippen molar-refractivity contribution in [3.8, 4) is 0 Å². The second-order valence-corrected chi connectivity index (χ2v) is 1.60. The number of nitro groups is 1. The van der Waals surface area contributed by atoms with Crippen molar-refractivity contribution in [1.29, 1.82) is 0 Å². The number of hydrogen-bond acceptors (Lipinski definition) is 3. The van der Waals surface area contributed by atoms with Gasteiger partial charge >= 0.3 is 5.95 Å². The zero-order chi connectivity index (χ0) is 6.85. The van der Waals surface area contributed by atoms with Crippen molar-refractivity contribution in [2.75, 3.05) is 0 Å². The summed E-state index contributed by atoms with van der Waals surface area (Å²) in [6.07, 6.45) is 2.91. The van der Waals surface area contributed by atoms with Crippen molar-refractivity contribution >= 4 is 5.95 Å². The quantitative estimate of drug-likeness (QED) is 0.403. The van der Waals surface area contributed by atoms with Crippen molar-refractivity contribution in [2.24, 2.45) is 7.05 Å². The first-order valence-corrected chi connectivity index (χ1v) is 2.33. The Kier molecular flexibility index (Phi) is 1.18. The van der Waals surface area contributed by atoms with Crippen LogP contribution in [0.4, 0.5) is 5.95 Å². The molecule has 0 saturated heterocycles. The predicted octanol–water partition coefficient (Wildman–Crippen LogP) is 0.328. The van der Waals surface area contributed by atoms with Crippen molar-refractivity contribution in [3.63, 3.8) is 0 Å². The van der Waals surface area contributed by atoms with E-state index >= 15 is 0 Å². The first-order chi connectivity index (χ1) is 4.22. The largest absolute Gasteiger partial charge is 0.434 e. The van der Waals surface area contributed by atoms with Gasteiger partial charge in [-0.2, -0.15) is 0 Å². The maximum Gasteiger partial charge on any atom is 0.434 e. The van der Waals surface area contributed by atoms with E-state index in [0.717, 1.165) is 0 Å². The first-order valence-electron chi connectivity index (χ1n) is 2.33. The summed E-state index contributed by atoms with van der Waals surface area (Å²) in [5.41, 5.74) is 0. The van der Waals surface area contributed by atoms with Gasteiger partial charge in [0.1, 0.15) is 12.4 Å². The minimum Gasteiger partial charge on any atom is -0.390 e. The van der Waals surface area contributed by atoms with Gasteiger partial charge in [0.05, 0.1) is 7.05 Å². The standard InChI is InChI=1S/C4H5N3O2/c1-6-3-2-5-4(6)7(8)9/h2-3H,1H3. The fraction of sp³-hybridized carbons (Fsp3) is 0.250. The van der Waals surface area contributed by atoms with E-state index in [1.54, 1.807) is 7.05 Å². The maximum absolute atomic E-state index is 10.0. The zero-order valence-electron chi connectivity index (χ0n) is 4.81. The Bertz CT molecular complexity index is 229. The smallest absolute Gasteiger partial charge is 0.390 e. The topological polar surface area (TPSA) is 61.0 Å². The third-order valence-electron chi connectivity index (χ3n) is 0.959. The van der Waals surface area contributed by atoms with Gasteiger partial charge in [0.15, 0.2) is 0 Å². The molecule has 48 valence electrons. The highest BCUT2D eigenvalue weighted by Gasteiger charge is 2.07. The molecule has 0 spiro atoms. The Morgan fingerprint density at radius 3 is 2.78 bits per heavy atom. The fourth-order valence-electron chi connectivity index (χ4n) is 0.534. The van der Waals surface area contributed by atoms with Gasteiger partial charge in [0, 0.05) is 0 Å². The molecule has 1 aromatic heterocycles. The van der Waals surface area contributed by atoms with Gasteiger partial charge in [0.2, 0.25) is 0 Å². The molecule has 0 aromatic carbocycles. The van der Waals surface area contributed by atoms with Gasteiger partial charge in [-0.1, -0.05) is 4.98 Å². The molecule has 1 aromatic rings. The van der Waals surface area contributed by atoms with E-state index in [1.165, 1.54) is 17.0 Å². The molecular weight excluding hydrogens is 122 g/mol. The van der Waals surface area contributed by atoms with Crippen molar-refractivity contribution in [3.05, 3.63) is 22.5 Å². The lowest BCUT2D eigenvalue weighted by Gasteiger charge is -1.90. The lowest BCUT2D eigenvalue weighted by atomic mass is 10.9. The molecule has 0 aliphatic rings. The average molecular weight is 127 g/mol. The van der Waals surface area contributed by atoms with E-state index in [2.05, 4.69) is 4.98 Å². The van der Waals surface area contributed by atoms with Crippen LogP contribution in [-0.4, -0.2) is 14.5 Å². The third-order valence-corrected chi connectivity index (χ3v) is 0.959. The van der Waals surface area contributed by atoms with Crippen LogP contribution < -0.4 is 0 Å². The SMILES string of the molecule is Cn1ccnc1[N+](=O)[O-]. The Labute approximate surface area is 51.1 Å². The molecular formula is C4H5N3O2. The summed E-state index contributed by atoms with van der Waals surface area (Å²) in [6.45, 7) is 0. The van der Waals surface area contributed by atoms with Gasteiger partial charge in [-0.15, -0.1) is 0 Å². The van der Waals surface area contributed by atoms with Crippen LogP contribution in [0.5, 0.6) is 0 Å². The highest BCUT2D eigenvalue weighted by molar-refractivity contribution is 5.04. The van der Waals surface area contributed by atoms with E-state index in [4.69, 9.17) is 0 Å². The van der Waals surface area contributed by atoms with E-state index in [-0.39, 0.29) is 5.95 Å². The average Bonchev–Trinajstić information content (AvgIpc) is 2.13. The van der Waals surface area contributed by atoms with Gasteiger partial charge in [-0.05, 0) is 4.92 Å². The monoisotopic (exact) mass is 127 g/mol. The molecule has 0 unspecified atom stereocenters. The maximum atomic E-state index is 10.0. The van der Waals surface area contributed by atoms with Crippen LogP contribution in [0.3, 0.4) is 0 Å². The van der Waals surface area contributed by atoms with Gasteiger partial charge < -0.3 is 10.1 Å². The normalized spacial score (nSPS) is 9.44. The highest BCUT2D eigenvalue weighted by atomic mass is 16.6. The highest BCUT2D eigenvalue weighted by Crippen LogP contribution is 2.02. The molecule has 0 atom stereocenters. The minimum atomic E-state index is -0.528. The first kappa shape index (κ1) is 5.74. The van der Waals surface area contributed by atoms with E-state index in [0.29, 0.717) is 0 Å². The van der Waals surface area contributed by atoms with Crippen molar-refractivity contribution in [2.45, 2.75) is 0 Å². The van der Waals surface area contributed by atoms with Crippen LogP contribution in [0.25, 0.3) is 0 Å². The number of rotatable bonds is 1. The number of imidazole rings is 1. The summed E-state index contributed by atoms with van der Waals surface area (Å²) >= 11 is 0. The van der Waals surface area contributed by atoms with Crippen LogP contribution in [0.1, 0.15) is 0 Å². The van der Waals surface area contributed by atoms with E-state index < -0.39 is 4.92 Å². The predicted molar refractivity (Wildman–Crippen MR) is 29.9 cm³/mol. The molecule has 5 nitrogen and oxygen atoms in total. The Hall–Kier alpha value is -1.39. The second-order valence-electron chi connectivity index (χ2n) is 1.60. The van der Waals surface area contributed by atoms with E-state index in [1.807, 2.05) is 0 Å². The molecule has 0 radical (unpaired) electrons. The summed E-state index contributed by atoms with van der Waals surface area (Å²) in [6, 6.07) is 0. The molecule has 5 heteroatoms. The van der Waals surface area contributed by atoms with Crippen molar-refractivity contribution < 1.29 is 4.92 Å². The molecule has 0 amide bonds. The van der Waals surface area contributed by atoms with Crippen LogP contribution >= 0.6 is 0 Å². The van der Waals surface area contributed by atoms with Gasteiger partial charge in [0.25, 0.3) is 0 Å². The summed E-state index contributed by atoms with van der Waals surface area (Å²) < 4.78 is 1.35. The molecule has 9 heavy (non-hydrogen) atoms. The summed E-state index contributed by atoms with van der Waals surface area (Å²) in [5.74, 6) is -0.130. The van der Waals surface area contributed by atoms with Crippen LogP contribution in [0.2, 0.25) is 0 Å². The van der Waals surface area contributed by atoms with E-state index in [9.17, 15) is 10.1 Å². The number of hydrogen-bond donors (Lipinski definition) is 0. The lowest BCUT2D eigenvalue weighted by Crippen LogP contribution is -1.96. The molecule has 0 bridgehead atoms. The van der Waals surface area contributed by atoms with Crippen LogP contribution in [0, 0.1) is 10.1 Å². The second kappa shape index (κ2) is 1.85. The van der Waals surface area contributed by atoms with Crippen molar-refractivity contribution in [1.82, 2.24) is 9.55 Å². The fourth-order valence-corrected chi connectivity index (χ4v) is 0.534. The molecule has 0 N–H and O–H groups in total. The third kappa shape index (κ3) is 0.883. The molecule has 0 aliphatic carbocycles. The summed E-state index contributed by atoms with van der Waals surface area (Å²) in [7, 11) is 1.57. The minimum absolute atomic E-state index is 0.130. The number of aryl methyl sites for hydroxylation is 1. The Morgan fingerprint density at radius 1 is 1.89 bits per heavy atom. The number of aromatic nitrogens is 2. The van der Waals surface area contributed by atoms with Crippen LogP contribution in [0.15, 0.2) is 12.4 Å². The Balaban J connectivity index is 3.08. The number of nitrogens with zero attached hydrogens (tertiary/aromatic N) is 3. The van der Waals surface area contributed by atoms with Gasteiger partial charge in [-0.3, -0.25) is 0 Å². The van der Waals surface area contributed by atoms with Gasteiger partial charge in [-0.25, -0.2) is 4.57 Å².